The number of hydrogen-bond donors (Lipinski definition) is 4. The molecule has 0 radical (unpaired) electrons. The summed E-state index contributed by atoms with van der Waals surface area (Å²) in [5.74, 6) is 0. The van der Waals surface area contributed by atoms with Gasteiger partial charge in [-0.15, -0.1) is 5.23 Å². The van der Waals surface area contributed by atoms with Gasteiger partial charge < -0.3 is 0 Å². The summed E-state index contributed by atoms with van der Waals surface area (Å²) >= 11 is 0. The van der Waals surface area contributed by atoms with Gasteiger partial charge >= 0.3 is 0 Å². The van der Waals surface area contributed by atoms with Gasteiger partial charge in [-0.3, -0.25) is 21.1 Å². The second-order valence-electron chi connectivity index (χ2n) is 2.67. The Balaban J connectivity index is 3.08. The van der Waals surface area contributed by atoms with Crippen LogP contribution in [-0.2, 0) is 0 Å². The molecule has 0 amide bonds. The maximum atomic E-state index is 8.86. The molecule has 1 rings (SSSR count). The predicted molar refractivity (Wildman–Crippen MR) is 50.3 cm³/mol. The van der Waals surface area contributed by atoms with E-state index in [0.717, 1.165) is 11.9 Å². The number of benzene rings is 1. The minimum Gasteiger partial charge on any atom is -0.290 e. The first kappa shape index (κ1) is 10.5. The molecule has 4 N–H and O–H groups in total. The molecule has 0 unspecified atom stereocenters. The number of hydroxylamine groups is 1. The molecule has 0 spiro atoms. The van der Waals surface area contributed by atoms with E-state index in [-0.39, 0.29) is 10.9 Å². The lowest BCUT2D eigenvalue weighted by molar-refractivity contribution is 0.0295. The van der Waals surface area contributed by atoms with E-state index in [1.165, 1.54) is 0 Å². The molecule has 1 aromatic carbocycles. The van der Waals surface area contributed by atoms with Crippen LogP contribution in [0.5, 0.6) is 0 Å². The van der Waals surface area contributed by atoms with Crippen LogP contribution in [0.25, 0.3) is 0 Å². The van der Waals surface area contributed by atoms with Crippen molar-refractivity contribution in [3.8, 4) is 0 Å². The highest BCUT2D eigenvalue weighted by Gasteiger charge is 2.05. The predicted octanol–water partition coefficient (Wildman–Crippen LogP) is 1.22. The molecule has 0 aromatic heterocycles. The standard InChI is InChI=1S/C8H11N3O3/c1-6-2-3-7(9-5-10-12)8(4-6)11(13)14/h2-5,12-14H,1H3,(H,9,10). The lowest BCUT2D eigenvalue weighted by atomic mass is 10.2. The number of anilines is 1. The molecule has 0 aliphatic carbocycles. The first-order valence-electron chi connectivity index (χ1n) is 3.86. The molecule has 6 heteroatoms. The number of aliphatic imine (C=N–C) groups is 1. The smallest absolute Gasteiger partial charge is 0.120 e. The molecule has 14 heavy (non-hydrogen) atoms. The zero-order valence-corrected chi connectivity index (χ0v) is 7.55. The van der Waals surface area contributed by atoms with E-state index in [1.807, 2.05) is 6.92 Å². The maximum absolute atomic E-state index is 8.86. The van der Waals surface area contributed by atoms with Crippen LogP contribution in [0, 0.1) is 6.92 Å². The van der Waals surface area contributed by atoms with Gasteiger partial charge in [0, 0.05) is 0 Å². The van der Waals surface area contributed by atoms with Crippen molar-refractivity contribution in [1.82, 2.24) is 5.48 Å². The number of aryl methyl sites for hydroxylation is 1. The van der Waals surface area contributed by atoms with E-state index in [0.29, 0.717) is 5.69 Å². The van der Waals surface area contributed by atoms with Crippen molar-refractivity contribution in [2.24, 2.45) is 4.99 Å². The van der Waals surface area contributed by atoms with Crippen LogP contribution in [0.4, 0.5) is 11.4 Å². The second kappa shape index (κ2) is 4.56. The van der Waals surface area contributed by atoms with Crippen molar-refractivity contribution in [3.05, 3.63) is 23.8 Å². The fourth-order valence-corrected chi connectivity index (χ4v) is 1.00. The Bertz CT molecular complexity index is 339. The third kappa shape index (κ3) is 2.43. The average molecular weight is 197 g/mol. The van der Waals surface area contributed by atoms with Gasteiger partial charge in [0.05, 0.1) is 5.69 Å². The molecule has 0 saturated heterocycles. The summed E-state index contributed by atoms with van der Waals surface area (Å²) in [4.78, 5) is 3.74. The molecule has 0 atom stereocenters. The molecule has 0 heterocycles. The van der Waals surface area contributed by atoms with Crippen LogP contribution in [-0.4, -0.2) is 22.0 Å². The zero-order valence-electron chi connectivity index (χ0n) is 7.55. The van der Waals surface area contributed by atoms with E-state index in [2.05, 4.69) is 4.99 Å². The van der Waals surface area contributed by atoms with Crippen molar-refractivity contribution >= 4 is 17.7 Å². The molecule has 6 nitrogen and oxygen atoms in total. The molecule has 0 aliphatic rings. The van der Waals surface area contributed by atoms with Crippen LogP contribution in [0.2, 0.25) is 0 Å². The van der Waals surface area contributed by atoms with Gasteiger partial charge in [0.25, 0.3) is 0 Å². The molecule has 0 fully saturated rings. The fraction of sp³-hybridized carbons (Fsp3) is 0.125. The van der Waals surface area contributed by atoms with Crippen LogP contribution in [0.3, 0.4) is 0 Å². The lowest BCUT2D eigenvalue weighted by Gasteiger charge is -2.11. The van der Waals surface area contributed by atoms with E-state index in [1.54, 1.807) is 23.7 Å². The first-order chi connectivity index (χ1) is 6.65. The third-order valence-corrected chi connectivity index (χ3v) is 1.61. The lowest BCUT2D eigenvalue weighted by Crippen LogP contribution is -2.11. The average Bonchev–Trinajstić information content (AvgIpc) is 2.15. The Kier molecular flexibility index (Phi) is 3.41. The molecule has 0 bridgehead atoms. The monoisotopic (exact) mass is 197 g/mol. The number of rotatable bonds is 3. The third-order valence-electron chi connectivity index (χ3n) is 1.61. The Morgan fingerprint density at radius 3 is 2.71 bits per heavy atom. The van der Waals surface area contributed by atoms with Gasteiger partial charge in [-0.1, -0.05) is 6.07 Å². The normalized spacial score (nSPS) is 10.6. The van der Waals surface area contributed by atoms with Gasteiger partial charge in [0.1, 0.15) is 12.0 Å². The SMILES string of the molecule is Cc1ccc(N=CNO)c(N(O)O)c1. The highest BCUT2D eigenvalue weighted by Crippen LogP contribution is 2.27. The highest BCUT2D eigenvalue weighted by molar-refractivity contribution is 5.71. The summed E-state index contributed by atoms with van der Waals surface area (Å²) in [5, 5.41) is 26.0. The summed E-state index contributed by atoms with van der Waals surface area (Å²) in [7, 11) is 0. The van der Waals surface area contributed by atoms with Crippen LogP contribution >= 0.6 is 0 Å². The van der Waals surface area contributed by atoms with Gasteiger partial charge in [-0.2, -0.15) is 0 Å². The van der Waals surface area contributed by atoms with E-state index in [9.17, 15) is 0 Å². The largest absolute Gasteiger partial charge is 0.290 e. The minimum absolute atomic E-state index is 0.0168. The van der Waals surface area contributed by atoms with Crippen molar-refractivity contribution in [2.45, 2.75) is 6.92 Å². The van der Waals surface area contributed by atoms with Crippen LogP contribution in [0.15, 0.2) is 23.2 Å². The van der Waals surface area contributed by atoms with Crippen LogP contribution < -0.4 is 10.7 Å². The van der Waals surface area contributed by atoms with Crippen LogP contribution in [0.1, 0.15) is 5.56 Å². The van der Waals surface area contributed by atoms with Crippen molar-refractivity contribution in [3.63, 3.8) is 0 Å². The molecule has 1 aromatic rings. The molecule has 0 saturated carbocycles. The quantitative estimate of drug-likeness (QED) is 0.332. The van der Waals surface area contributed by atoms with E-state index < -0.39 is 0 Å². The number of nitrogens with one attached hydrogen (secondary N) is 1. The number of nitrogens with zero attached hydrogens (tertiary/aromatic N) is 2. The van der Waals surface area contributed by atoms with Crippen molar-refractivity contribution in [2.75, 3.05) is 5.23 Å². The minimum atomic E-state index is -0.0168. The summed E-state index contributed by atoms with van der Waals surface area (Å²) in [6.45, 7) is 1.81. The fourth-order valence-electron chi connectivity index (χ4n) is 1.00. The van der Waals surface area contributed by atoms with Gasteiger partial charge in [-0.25, -0.2) is 4.99 Å². The summed E-state index contributed by atoms with van der Waals surface area (Å²) in [6.07, 6.45) is 1.03. The van der Waals surface area contributed by atoms with E-state index >= 15 is 0 Å². The molecule has 0 aliphatic heterocycles. The Labute approximate surface area is 80.6 Å². The Morgan fingerprint density at radius 1 is 1.43 bits per heavy atom. The van der Waals surface area contributed by atoms with Gasteiger partial charge in [0.15, 0.2) is 0 Å². The van der Waals surface area contributed by atoms with Gasteiger partial charge in [0.2, 0.25) is 0 Å². The van der Waals surface area contributed by atoms with Crippen molar-refractivity contribution in [1.29, 1.82) is 0 Å². The molecular weight excluding hydrogens is 186 g/mol. The van der Waals surface area contributed by atoms with Gasteiger partial charge in [-0.05, 0) is 24.6 Å². The summed E-state index contributed by atoms with van der Waals surface area (Å²) in [6, 6.07) is 4.90. The maximum Gasteiger partial charge on any atom is 0.120 e. The number of hydrogen-bond acceptors (Lipinski definition) is 5. The summed E-state index contributed by atoms with van der Waals surface area (Å²) in [5.41, 5.74) is 3.05. The molecular formula is C8H11N3O3. The van der Waals surface area contributed by atoms with E-state index in [4.69, 9.17) is 15.6 Å². The molecule has 76 valence electrons. The van der Waals surface area contributed by atoms with Crippen molar-refractivity contribution < 1.29 is 15.6 Å². The highest BCUT2D eigenvalue weighted by atomic mass is 16.8. The summed E-state index contributed by atoms with van der Waals surface area (Å²) < 4.78 is 0. The topological polar surface area (TPSA) is 88.3 Å². The Morgan fingerprint density at radius 2 is 2.14 bits per heavy atom. The zero-order chi connectivity index (χ0) is 10.6. The second-order valence-corrected chi connectivity index (χ2v) is 2.67. The Hall–Kier alpha value is -1.63. The first-order valence-corrected chi connectivity index (χ1v) is 3.86.